The van der Waals surface area contributed by atoms with Crippen molar-refractivity contribution in [3.63, 3.8) is 0 Å². The molecule has 0 saturated heterocycles. The van der Waals surface area contributed by atoms with Crippen LogP contribution in [0.25, 0.3) is 0 Å². The van der Waals surface area contributed by atoms with Crippen LogP contribution in [0.4, 0.5) is 11.6 Å². The molecular formula is C10H18N4S2. The SMILES string of the molecule is CNc1cc(N(C)CCSC)nc(SC)n1. The van der Waals surface area contributed by atoms with Gasteiger partial charge in [-0.05, 0) is 12.5 Å². The maximum atomic E-state index is 4.48. The lowest BCUT2D eigenvalue weighted by Crippen LogP contribution is -2.21. The van der Waals surface area contributed by atoms with Crippen LogP contribution in [0.15, 0.2) is 11.2 Å². The quantitative estimate of drug-likeness (QED) is 0.622. The van der Waals surface area contributed by atoms with E-state index >= 15 is 0 Å². The van der Waals surface area contributed by atoms with Gasteiger partial charge in [-0.25, -0.2) is 9.97 Å². The molecule has 0 fully saturated rings. The largest absolute Gasteiger partial charge is 0.373 e. The topological polar surface area (TPSA) is 41.0 Å². The first-order valence-electron chi connectivity index (χ1n) is 5.02. The van der Waals surface area contributed by atoms with Gasteiger partial charge in [0.1, 0.15) is 11.6 Å². The first-order valence-corrected chi connectivity index (χ1v) is 7.64. The Morgan fingerprint density at radius 2 is 2.12 bits per heavy atom. The number of rotatable bonds is 6. The van der Waals surface area contributed by atoms with Gasteiger partial charge in [0.2, 0.25) is 0 Å². The minimum absolute atomic E-state index is 0.804. The highest BCUT2D eigenvalue weighted by Crippen LogP contribution is 2.19. The van der Waals surface area contributed by atoms with Crippen molar-refractivity contribution in [2.24, 2.45) is 0 Å². The summed E-state index contributed by atoms with van der Waals surface area (Å²) in [6, 6.07) is 1.97. The van der Waals surface area contributed by atoms with Gasteiger partial charge in [0.15, 0.2) is 5.16 Å². The fourth-order valence-corrected chi connectivity index (χ4v) is 2.00. The predicted octanol–water partition coefficient (Wildman–Crippen LogP) is 2.04. The molecule has 0 atom stereocenters. The van der Waals surface area contributed by atoms with E-state index in [4.69, 9.17) is 0 Å². The van der Waals surface area contributed by atoms with Gasteiger partial charge in [-0.1, -0.05) is 11.8 Å². The van der Waals surface area contributed by atoms with Crippen molar-refractivity contribution in [1.82, 2.24) is 9.97 Å². The molecule has 6 heteroatoms. The Bertz CT molecular complexity index is 310. The van der Waals surface area contributed by atoms with Crippen molar-refractivity contribution in [2.45, 2.75) is 5.16 Å². The van der Waals surface area contributed by atoms with Gasteiger partial charge in [-0.2, -0.15) is 11.8 Å². The Kier molecular flexibility index (Phi) is 5.76. The molecule has 1 rings (SSSR count). The molecule has 0 saturated carbocycles. The van der Waals surface area contributed by atoms with E-state index in [-0.39, 0.29) is 0 Å². The van der Waals surface area contributed by atoms with Crippen LogP contribution in [0.2, 0.25) is 0 Å². The Balaban J connectivity index is 2.85. The summed E-state index contributed by atoms with van der Waals surface area (Å²) < 4.78 is 0. The van der Waals surface area contributed by atoms with Crippen molar-refractivity contribution in [3.8, 4) is 0 Å². The van der Waals surface area contributed by atoms with Crippen LogP contribution in [0.1, 0.15) is 0 Å². The van der Waals surface area contributed by atoms with Crippen molar-refractivity contribution in [2.75, 3.05) is 49.1 Å². The van der Waals surface area contributed by atoms with Crippen LogP contribution < -0.4 is 10.2 Å². The third-order valence-corrected chi connectivity index (χ3v) is 3.29. The second-order valence-electron chi connectivity index (χ2n) is 3.26. The van der Waals surface area contributed by atoms with Crippen LogP contribution >= 0.6 is 23.5 Å². The lowest BCUT2D eigenvalue weighted by atomic mass is 10.5. The van der Waals surface area contributed by atoms with E-state index in [0.29, 0.717) is 0 Å². The van der Waals surface area contributed by atoms with E-state index < -0.39 is 0 Å². The van der Waals surface area contributed by atoms with E-state index in [9.17, 15) is 0 Å². The Labute approximate surface area is 106 Å². The summed E-state index contributed by atoms with van der Waals surface area (Å²) in [6.07, 6.45) is 4.10. The van der Waals surface area contributed by atoms with Crippen molar-refractivity contribution >= 4 is 35.2 Å². The molecule has 0 spiro atoms. The van der Waals surface area contributed by atoms with Crippen LogP contribution in [0.3, 0.4) is 0 Å². The first kappa shape index (κ1) is 13.4. The zero-order valence-electron chi connectivity index (χ0n) is 10.1. The monoisotopic (exact) mass is 258 g/mol. The Morgan fingerprint density at radius 3 is 2.69 bits per heavy atom. The summed E-state index contributed by atoms with van der Waals surface area (Å²) in [5, 5.41) is 3.86. The summed E-state index contributed by atoms with van der Waals surface area (Å²) in [6.45, 7) is 0.995. The highest BCUT2D eigenvalue weighted by atomic mass is 32.2. The van der Waals surface area contributed by atoms with E-state index in [1.54, 1.807) is 11.8 Å². The van der Waals surface area contributed by atoms with Crippen LogP contribution in [0.5, 0.6) is 0 Å². The second-order valence-corrected chi connectivity index (χ2v) is 5.02. The first-order chi connectivity index (χ1) is 7.71. The Morgan fingerprint density at radius 1 is 1.38 bits per heavy atom. The van der Waals surface area contributed by atoms with E-state index in [0.717, 1.165) is 29.1 Å². The lowest BCUT2D eigenvalue weighted by molar-refractivity contribution is 0.888. The van der Waals surface area contributed by atoms with Gasteiger partial charge in [-0.3, -0.25) is 0 Å². The summed E-state index contributed by atoms with van der Waals surface area (Å²) in [5.41, 5.74) is 0. The number of anilines is 2. The highest BCUT2D eigenvalue weighted by molar-refractivity contribution is 7.98. The van der Waals surface area contributed by atoms with Crippen molar-refractivity contribution in [3.05, 3.63) is 6.07 Å². The molecule has 90 valence electrons. The Hall–Kier alpha value is -0.620. The van der Waals surface area contributed by atoms with Crippen LogP contribution in [-0.2, 0) is 0 Å². The smallest absolute Gasteiger partial charge is 0.191 e. The molecule has 0 aliphatic rings. The number of nitrogens with zero attached hydrogens (tertiary/aromatic N) is 3. The van der Waals surface area contributed by atoms with Gasteiger partial charge in [0.05, 0.1) is 0 Å². The average molecular weight is 258 g/mol. The van der Waals surface area contributed by atoms with Gasteiger partial charge in [-0.15, -0.1) is 0 Å². The normalized spacial score (nSPS) is 10.2. The molecule has 0 aromatic carbocycles. The average Bonchev–Trinajstić information content (AvgIpc) is 2.35. The molecule has 1 N–H and O–H groups in total. The fraction of sp³-hybridized carbons (Fsp3) is 0.600. The molecule has 4 nitrogen and oxygen atoms in total. The minimum Gasteiger partial charge on any atom is -0.373 e. The molecule has 0 unspecified atom stereocenters. The molecule has 16 heavy (non-hydrogen) atoms. The van der Waals surface area contributed by atoms with E-state index in [1.807, 2.05) is 31.1 Å². The summed E-state index contributed by atoms with van der Waals surface area (Å²) in [4.78, 5) is 11.0. The summed E-state index contributed by atoms with van der Waals surface area (Å²) in [7, 11) is 3.93. The van der Waals surface area contributed by atoms with Crippen molar-refractivity contribution < 1.29 is 0 Å². The van der Waals surface area contributed by atoms with Crippen LogP contribution in [-0.4, -0.2) is 48.9 Å². The number of thioether (sulfide) groups is 2. The molecule has 1 aromatic heterocycles. The van der Waals surface area contributed by atoms with E-state index in [2.05, 4.69) is 33.5 Å². The van der Waals surface area contributed by atoms with Crippen molar-refractivity contribution in [1.29, 1.82) is 0 Å². The number of nitrogens with one attached hydrogen (secondary N) is 1. The lowest BCUT2D eigenvalue weighted by Gasteiger charge is -2.18. The second kappa shape index (κ2) is 6.85. The predicted molar refractivity (Wildman–Crippen MR) is 75.0 cm³/mol. The molecule has 1 heterocycles. The van der Waals surface area contributed by atoms with Gasteiger partial charge in [0.25, 0.3) is 0 Å². The standard InChI is InChI=1S/C10H18N4S2/c1-11-8-7-9(13-10(12-8)16-4)14(2)5-6-15-3/h7H,5-6H2,1-4H3,(H,11,12,13). The maximum absolute atomic E-state index is 4.48. The third kappa shape index (κ3) is 3.75. The van der Waals surface area contributed by atoms with Gasteiger partial charge < -0.3 is 10.2 Å². The highest BCUT2D eigenvalue weighted by Gasteiger charge is 2.06. The van der Waals surface area contributed by atoms with E-state index in [1.165, 1.54) is 0 Å². The zero-order valence-corrected chi connectivity index (χ0v) is 11.8. The molecule has 0 radical (unpaired) electrons. The molecular weight excluding hydrogens is 240 g/mol. The molecule has 0 aliphatic heterocycles. The molecule has 1 aromatic rings. The number of aromatic nitrogens is 2. The third-order valence-electron chi connectivity index (χ3n) is 2.15. The number of hydrogen-bond acceptors (Lipinski definition) is 6. The molecule has 0 amide bonds. The minimum atomic E-state index is 0.804. The summed E-state index contributed by atoms with van der Waals surface area (Å²) >= 11 is 3.40. The van der Waals surface area contributed by atoms with Crippen LogP contribution in [0, 0.1) is 0 Å². The summed E-state index contributed by atoms with van der Waals surface area (Å²) in [5.74, 6) is 2.94. The fourth-order valence-electron chi connectivity index (χ4n) is 1.17. The number of hydrogen-bond donors (Lipinski definition) is 1. The molecule has 0 bridgehead atoms. The molecule has 0 aliphatic carbocycles. The van der Waals surface area contributed by atoms with Gasteiger partial charge >= 0.3 is 0 Å². The van der Waals surface area contributed by atoms with Gasteiger partial charge in [0, 0.05) is 32.5 Å². The zero-order chi connectivity index (χ0) is 12.0. The maximum Gasteiger partial charge on any atom is 0.191 e.